The van der Waals surface area contributed by atoms with E-state index in [1.54, 1.807) is 5.51 Å². The lowest BCUT2D eigenvalue weighted by Crippen LogP contribution is -2.62. The minimum Gasteiger partial charge on any atom is -0.340 e. The van der Waals surface area contributed by atoms with Gasteiger partial charge in [-0.1, -0.05) is 11.8 Å². The van der Waals surface area contributed by atoms with Crippen LogP contribution in [0.15, 0.2) is 10.9 Å². The van der Waals surface area contributed by atoms with Crippen LogP contribution in [0, 0.1) is 6.92 Å². The van der Waals surface area contributed by atoms with Gasteiger partial charge in [0.25, 0.3) is 0 Å². The molecule has 0 aromatic carbocycles. The minimum atomic E-state index is -0.823. The van der Waals surface area contributed by atoms with E-state index in [1.165, 1.54) is 30.0 Å². The Labute approximate surface area is 142 Å². The predicted octanol–water partition coefficient (Wildman–Crippen LogP) is 0.193. The third-order valence-electron chi connectivity index (χ3n) is 3.12. The molecule has 6 N–H and O–H groups in total. The van der Waals surface area contributed by atoms with Gasteiger partial charge < -0.3 is 10.6 Å². The summed E-state index contributed by atoms with van der Waals surface area (Å²) in [7, 11) is 0. The molecular formula is C13H20N6O2S2. The van der Waals surface area contributed by atoms with E-state index in [4.69, 9.17) is 5.84 Å². The van der Waals surface area contributed by atoms with E-state index < -0.39 is 5.12 Å². The Hall–Kier alpha value is -1.62. The number of thiazole rings is 1. The molecule has 0 aliphatic carbocycles. The lowest BCUT2D eigenvalue weighted by Gasteiger charge is -2.31. The molecule has 2 rings (SSSR count). The Morgan fingerprint density at radius 2 is 2.26 bits per heavy atom. The molecule has 10 heteroatoms. The molecule has 23 heavy (non-hydrogen) atoms. The van der Waals surface area contributed by atoms with Crippen molar-refractivity contribution >= 4 is 40.6 Å². The van der Waals surface area contributed by atoms with Crippen LogP contribution in [-0.2, 0) is 9.59 Å². The second-order valence-electron chi connectivity index (χ2n) is 5.00. The maximum atomic E-state index is 11.5. The normalized spacial score (nSPS) is 19.9. The Bertz CT molecular complexity index is 617. The van der Waals surface area contributed by atoms with Gasteiger partial charge in [0.2, 0.25) is 16.9 Å². The molecule has 1 aromatic rings. The highest BCUT2D eigenvalue weighted by Gasteiger charge is 2.36. The zero-order valence-electron chi connectivity index (χ0n) is 12.9. The molecule has 0 saturated heterocycles. The van der Waals surface area contributed by atoms with Gasteiger partial charge in [-0.05, 0) is 13.3 Å². The van der Waals surface area contributed by atoms with Gasteiger partial charge >= 0.3 is 0 Å². The third kappa shape index (κ3) is 4.67. The van der Waals surface area contributed by atoms with E-state index in [0.29, 0.717) is 19.4 Å². The molecule has 0 bridgehead atoms. The van der Waals surface area contributed by atoms with Crippen LogP contribution < -0.4 is 27.2 Å². The third-order valence-corrected chi connectivity index (χ3v) is 5.14. The summed E-state index contributed by atoms with van der Waals surface area (Å²) in [5, 5.41) is 10.6. The van der Waals surface area contributed by atoms with E-state index in [9.17, 15) is 9.59 Å². The van der Waals surface area contributed by atoms with E-state index in [0.717, 1.165) is 16.3 Å². The zero-order chi connectivity index (χ0) is 16.9. The van der Waals surface area contributed by atoms with Gasteiger partial charge in [-0.25, -0.2) is 10.8 Å². The highest BCUT2D eigenvalue weighted by atomic mass is 32.2. The number of aryl methyl sites for hydroxylation is 1. The lowest BCUT2D eigenvalue weighted by molar-refractivity contribution is -0.122. The molecule has 0 fully saturated rings. The second-order valence-corrected chi connectivity index (χ2v) is 6.94. The highest BCUT2D eigenvalue weighted by molar-refractivity contribution is 8.03. The molecule has 0 radical (unpaired) electrons. The second kappa shape index (κ2) is 7.77. The fourth-order valence-corrected chi connectivity index (χ4v) is 3.97. The molecule has 1 aliphatic heterocycles. The smallest absolute Gasteiger partial charge is 0.233 e. The summed E-state index contributed by atoms with van der Waals surface area (Å²) in [5.74, 6) is 4.67. The first-order valence-electron chi connectivity index (χ1n) is 7.05. The molecule has 1 aromatic heterocycles. The summed E-state index contributed by atoms with van der Waals surface area (Å²) in [5.41, 5.74) is 5.73. The first-order valence-corrected chi connectivity index (χ1v) is 8.81. The number of hydrogen-bond acceptors (Lipinski definition) is 8. The van der Waals surface area contributed by atoms with Crippen molar-refractivity contribution in [3.8, 4) is 0 Å². The average molecular weight is 356 g/mol. The summed E-state index contributed by atoms with van der Waals surface area (Å²) in [4.78, 5) is 27.9. The van der Waals surface area contributed by atoms with Gasteiger partial charge in [-0.2, -0.15) is 0 Å². The number of amides is 2. The van der Waals surface area contributed by atoms with Crippen LogP contribution in [0.2, 0.25) is 0 Å². The van der Waals surface area contributed by atoms with E-state index >= 15 is 0 Å². The van der Waals surface area contributed by atoms with E-state index in [2.05, 4.69) is 26.4 Å². The zero-order valence-corrected chi connectivity index (χ0v) is 14.6. The van der Waals surface area contributed by atoms with Gasteiger partial charge in [0.1, 0.15) is 0 Å². The molecule has 0 spiro atoms. The van der Waals surface area contributed by atoms with Crippen LogP contribution in [0.4, 0.5) is 0 Å². The number of hydrogen-bond donors (Lipinski definition) is 5. The molecule has 1 aliphatic rings. The molecule has 2 amide bonds. The van der Waals surface area contributed by atoms with Crippen molar-refractivity contribution in [2.45, 2.75) is 31.8 Å². The molecule has 2 heterocycles. The lowest BCUT2D eigenvalue weighted by atomic mass is 10.3. The Balaban J connectivity index is 1.97. The molecule has 8 nitrogen and oxygen atoms in total. The number of nitrogens with zero attached hydrogens (tertiary/aromatic N) is 1. The quantitative estimate of drug-likeness (QED) is 0.155. The van der Waals surface area contributed by atoms with Crippen LogP contribution in [0.1, 0.15) is 30.3 Å². The van der Waals surface area contributed by atoms with Gasteiger partial charge in [0.15, 0.2) is 0 Å². The summed E-state index contributed by atoms with van der Waals surface area (Å²) >= 11 is 2.97. The topological polar surface area (TPSA) is 121 Å². The van der Waals surface area contributed by atoms with Crippen molar-refractivity contribution < 1.29 is 9.59 Å². The maximum Gasteiger partial charge on any atom is 0.233 e. The van der Waals surface area contributed by atoms with Gasteiger partial charge in [-0.15, -0.1) is 11.3 Å². The molecular weight excluding hydrogens is 336 g/mol. The number of carbonyl (C=O) groups excluding carboxylic acids is 2. The van der Waals surface area contributed by atoms with Crippen molar-refractivity contribution in [2.75, 3.05) is 6.54 Å². The number of thioether (sulfide) groups is 1. The number of carbonyl (C=O) groups is 2. The van der Waals surface area contributed by atoms with Gasteiger partial charge in [-0.3, -0.25) is 20.3 Å². The summed E-state index contributed by atoms with van der Waals surface area (Å²) < 4.78 is 0. The largest absolute Gasteiger partial charge is 0.340 e. The van der Waals surface area contributed by atoms with E-state index in [-0.39, 0.29) is 11.8 Å². The van der Waals surface area contributed by atoms with Crippen molar-refractivity contribution in [1.29, 1.82) is 0 Å². The summed E-state index contributed by atoms with van der Waals surface area (Å²) in [6, 6.07) is 0. The minimum absolute atomic E-state index is 0.159. The van der Waals surface area contributed by atoms with Crippen LogP contribution in [0.25, 0.3) is 5.70 Å². The standard InChI is InChI=1S/C13H20N6O2S2/c1-8-12(22-7-15-8)10-6-23-13(18-10,17-9(2)20)16-5-3-4-11(21)19-14/h6-7,16,18H,3-5,14H2,1-2H3,(H,17,20)(H,19,21). The fourth-order valence-electron chi connectivity index (χ4n) is 2.09. The first kappa shape index (κ1) is 17.7. The van der Waals surface area contributed by atoms with Crippen molar-refractivity contribution in [3.05, 3.63) is 21.5 Å². The number of rotatable bonds is 7. The summed E-state index contributed by atoms with van der Waals surface area (Å²) in [6.07, 6.45) is 0.917. The highest BCUT2D eigenvalue weighted by Crippen LogP contribution is 2.34. The molecule has 1 atom stereocenters. The van der Waals surface area contributed by atoms with Gasteiger partial charge in [0, 0.05) is 25.3 Å². The van der Waals surface area contributed by atoms with Crippen molar-refractivity contribution in [3.63, 3.8) is 0 Å². The van der Waals surface area contributed by atoms with Crippen molar-refractivity contribution in [2.24, 2.45) is 5.84 Å². The SMILES string of the molecule is CC(=O)NC1(NCCCC(=O)NN)NC(c2scnc2C)=CS1. The summed E-state index contributed by atoms with van der Waals surface area (Å²) in [6.45, 7) is 3.94. The van der Waals surface area contributed by atoms with E-state index in [1.807, 2.05) is 12.3 Å². The van der Waals surface area contributed by atoms with Crippen LogP contribution >= 0.6 is 23.1 Å². The monoisotopic (exact) mass is 356 g/mol. The predicted molar refractivity (Wildman–Crippen MR) is 91.7 cm³/mol. The van der Waals surface area contributed by atoms with Crippen LogP contribution in [0.3, 0.4) is 0 Å². The number of nitrogens with two attached hydrogens (primary N) is 1. The fraction of sp³-hybridized carbons (Fsp3) is 0.462. The number of hydrazine groups is 1. The van der Waals surface area contributed by atoms with Crippen LogP contribution in [-0.4, -0.2) is 28.5 Å². The number of nitrogens with one attached hydrogen (secondary N) is 4. The van der Waals surface area contributed by atoms with Crippen LogP contribution in [0.5, 0.6) is 0 Å². The molecule has 0 saturated carbocycles. The number of aromatic nitrogens is 1. The first-order chi connectivity index (χ1) is 11.0. The average Bonchev–Trinajstić information content (AvgIpc) is 3.09. The van der Waals surface area contributed by atoms with Gasteiger partial charge in [0.05, 0.1) is 21.8 Å². The molecule has 1 unspecified atom stereocenters. The van der Waals surface area contributed by atoms with Crippen molar-refractivity contribution in [1.82, 2.24) is 26.4 Å². The Kier molecular flexibility index (Phi) is 5.99. The maximum absolute atomic E-state index is 11.5. The Morgan fingerprint density at radius 3 is 2.87 bits per heavy atom. The Morgan fingerprint density at radius 1 is 1.48 bits per heavy atom. The molecule has 126 valence electrons.